The molecule has 0 spiro atoms. The fourth-order valence-electron chi connectivity index (χ4n) is 5.73. The van der Waals surface area contributed by atoms with Crippen LogP contribution >= 0.6 is 0 Å². The molecule has 0 radical (unpaired) electrons. The molecule has 1 N–H and O–H groups in total. The zero-order valence-corrected chi connectivity index (χ0v) is 24.4. The van der Waals surface area contributed by atoms with Gasteiger partial charge in [0.25, 0.3) is 0 Å². The minimum Gasteiger partial charge on any atom is -0.444 e. The number of nitrogens with one attached hydrogen (secondary N) is 1. The molecule has 4 aromatic rings. The normalized spacial score (nSPS) is 18.5. The van der Waals surface area contributed by atoms with E-state index >= 15 is 0 Å². The first kappa shape index (κ1) is 27.0. The Bertz CT molecular complexity index is 1550. The lowest BCUT2D eigenvalue weighted by atomic mass is 10.0. The highest BCUT2D eigenvalue weighted by Gasteiger charge is 2.47. The van der Waals surface area contributed by atoms with Crippen LogP contribution in [0.5, 0.6) is 0 Å². The third-order valence-electron chi connectivity index (χ3n) is 7.70. The quantitative estimate of drug-likeness (QED) is 0.309. The number of fused-ring (bicyclic) bond motifs is 3. The maximum Gasteiger partial charge on any atom is 0.410 e. The Balaban J connectivity index is 1.30. The van der Waals surface area contributed by atoms with Gasteiger partial charge in [0, 0.05) is 43.1 Å². The van der Waals surface area contributed by atoms with Crippen LogP contribution < -0.4 is 10.2 Å². The molecule has 6 rings (SSSR count). The molecule has 10 nitrogen and oxygen atoms in total. The number of nitrogens with zero attached hydrogens (tertiary/aromatic N) is 7. The Morgan fingerprint density at radius 1 is 1.07 bits per heavy atom. The van der Waals surface area contributed by atoms with Crippen molar-refractivity contribution < 1.29 is 9.53 Å². The molecule has 2 bridgehead atoms. The van der Waals surface area contributed by atoms with E-state index in [0.29, 0.717) is 18.3 Å². The Morgan fingerprint density at radius 3 is 2.63 bits per heavy atom. The van der Waals surface area contributed by atoms with Crippen LogP contribution in [-0.2, 0) is 11.2 Å². The molecule has 0 saturated carbocycles. The van der Waals surface area contributed by atoms with E-state index in [2.05, 4.69) is 58.3 Å². The van der Waals surface area contributed by atoms with E-state index in [1.54, 1.807) is 18.6 Å². The van der Waals surface area contributed by atoms with Gasteiger partial charge < -0.3 is 19.9 Å². The van der Waals surface area contributed by atoms with Gasteiger partial charge in [0.15, 0.2) is 5.82 Å². The Hall–Kier alpha value is -4.21. The van der Waals surface area contributed by atoms with Gasteiger partial charge in [0.05, 0.1) is 29.5 Å². The number of benzene rings is 1. The molecule has 0 unspecified atom stereocenters. The summed E-state index contributed by atoms with van der Waals surface area (Å²) in [6, 6.07) is 11.0. The van der Waals surface area contributed by atoms with Crippen molar-refractivity contribution in [3.8, 4) is 5.69 Å². The largest absolute Gasteiger partial charge is 0.444 e. The smallest absolute Gasteiger partial charge is 0.410 e. The van der Waals surface area contributed by atoms with Crippen LogP contribution in [0.3, 0.4) is 0 Å². The average Bonchev–Trinajstić information content (AvgIpc) is 3.65. The monoisotopic (exact) mass is 554 g/mol. The van der Waals surface area contributed by atoms with Crippen molar-refractivity contribution in [3.63, 3.8) is 0 Å². The molecule has 2 saturated heterocycles. The fourth-order valence-corrected chi connectivity index (χ4v) is 5.73. The number of aromatic nitrogens is 5. The second-order valence-electron chi connectivity index (χ2n) is 12.5. The number of hydrogen-bond acceptors (Lipinski definition) is 8. The van der Waals surface area contributed by atoms with Crippen LogP contribution in [0.4, 0.5) is 22.2 Å². The molecule has 2 fully saturated rings. The molecule has 2 aliphatic heterocycles. The van der Waals surface area contributed by atoms with Gasteiger partial charge in [-0.25, -0.2) is 19.4 Å². The van der Waals surface area contributed by atoms with E-state index in [1.165, 1.54) is 5.56 Å². The zero-order valence-electron chi connectivity index (χ0n) is 24.4. The van der Waals surface area contributed by atoms with E-state index in [-0.39, 0.29) is 18.2 Å². The highest BCUT2D eigenvalue weighted by Crippen LogP contribution is 2.36. The Kier molecular flexibility index (Phi) is 7.01. The summed E-state index contributed by atoms with van der Waals surface area (Å²) in [5, 5.41) is 9.36. The molecule has 1 aromatic carbocycles. The number of anilines is 3. The summed E-state index contributed by atoms with van der Waals surface area (Å²) in [7, 11) is 0. The van der Waals surface area contributed by atoms with Gasteiger partial charge in [-0.3, -0.25) is 4.98 Å². The third kappa shape index (κ3) is 5.68. The van der Waals surface area contributed by atoms with Crippen LogP contribution in [-0.4, -0.2) is 66.5 Å². The molecule has 10 heteroatoms. The van der Waals surface area contributed by atoms with Crippen molar-refractivity contribution in [2.24, 2.45) is 5.92 Å². The number of amides is 1. The number of likely N-dealkylation sites (tertiary alicyclic amines) is 1. The summed E-state index contributed by atoms with van der Waals surface area (Å²) in [6.07, 6.45) is 9.67. The number of ether oxygens (including phenoxy) is 1. The lowest BCUT2D eigenvalue weighted by Gasteiger charge is -2.35. The molecule has 2 aliphatic rings. The predicted octanol–water partition coefficient (Wildman–Crippen LogP) is 5.74. The van der Waals surface area contributed by atoms with Gasteiger partial charge in [-0.1, -0.05) is 19.9 Å². The van der Waals surface area contributed by atoms with Crippen LogP contribution in [0.1, 0.15) is 53.0 Å². The molecule has 214 valence electrons. The number of pyridine rings is 1. The number of rotatable bonds is 7. The van der Waals surface area contributed by atoms with Gasteiger partial charge in [-0.2, -0.15) is 0 Å². The number of carbonyl (C=O) groups excluding carboxylic acids is 1. The maximum atomic E-state index is 12.7. The number of aryl methyl sites for hydroxylation is 1. The first-order valence-corrected chi connectivity index (χ1v) is 14.4. The van der Waals surface area contributed by atoms with Gasteiger partial charge in [0.1, 0.15) is 17.2 Å². The highest BCUT2D eigenvalue weighted by atomic mass is 16.6. The van der Waals surface area contributed by atoms with E-state index in [4.69, 9.17) is 14.8 Å². The molecule has 41 heavy (non-hydrogen) atoms. The third-order valence-corrected chi connectivity index (χ3v) is 7.70. The highest BCUT2D eigenvalue weighted by molar-refractivity contribution is 5.93. The van der Waals surface area contributed by atoms with Crippen molar-refractivity contribution in [1.82, 2.24) is 29.6 Å². The Morgan fingerprint density at radius 2 is 1.93 bits per heavy atom. The molecular weight excluding hydrogens is 516 g/mol. The molecule has 5 heterocycles. The first-order valence-electron chi connectivity index (χ1n) is 14.4. The molecule has 3 aromatic heterocycles. The van der Waals surface area contributed by atoms with Crippen LogP contribution in [0.15, 0.2) is 55.1 Å². The lowest BCUT2D eigenvalue weighted by Crippen LogP contribution is -2.50. The van der Waals surface area contributed by atoms with Crippen molar-refractivity contribution in [2.45, 2.75) is 71.6 Å². The lowest BCUT2D eigenvalue weighted by molar-refractivity contribution is 0.0214. The Labute approximate surface area is 240 Å². The van der Waals surface area contributed by atoms with Crippen molar-refractivity contribution in [2.75, 3.05) is 23.3 Å². The van der Waals surface area contributed by atoms with E-state index < -0.39 is 5.60 Å². The summed E-state index contributed by atoms with van der Waals surface area (Å²) < 4.78 is 7.63. The van der Waals surface area contributed by atoms with Crippen molar-refractivity contribution >= 4 is 34.4 Å². The van der Waals surface area contributed by atoms with E-state index in [0.717, 1.165) is 54.0 Å². The number of carbonyl (C=O) groups is 1. The zero-order chi connectivity index (χ0) is 28.7. The van der Waals surface area contributed by atoms with Gasteiger partial charge in [0.2, 0.25) is 0 Å². The van der Waals surface area contributed by atoms with Crippen molar-refractivity contribution in [1.29, 1.82) is 0 Å². The van der Waals surface area contributed by atoms with Crippen molar-refractivity contribution in [3.05, 3.63) is 60.7 Å². The topological polar surface area (TPSA) is 101 Å². The molecule has 1 amide bonds. The van der Waals surface area contributed by atoms with Gasteiger partial charge in [-0.05, 0) is 69.7 Å². The minimum atomic E-state index is -0.503. The fraction of sp³-hybridized carbons (Fsp3) is 0.452. The summed E-state index contributed by atoms with van der Waals surface area (Å²) in [4.78, 5) is 30.2. The number of piperazine rings is 1. The molecule has 0 aliphatic carbocycles. The molecular formula is C31H38N8O2. The van der Waals surface area contributed by atoms with Crippen LogP contribution in [0.25, 0.3) is 16.6 Å². The number of hydrogen-bond donors (Lipinski definition) is 1. The SMILES string of the molecule is CC(C)CCc1ccc2c(Nc3cnccn3)nn(-c3ccnc(N4C[C@@H]5C[C@H]4CN5C(=O)OC(C)(C)C)c3)c2c1. The maximum absolute atomic E-state index is 12.7. The first-order chi connectivity index (χ1) is 19.6. The molecule has 2 atom stereocenters. The predicted molar refractivity (Wildman–Crippen MR) is 160 cm³/mol. The summed E-state index contributed by atoms with van der Waals surface area (Å²) in [5.74, 6) is 2.89. The van der Waals surface area contributed by atoms with Gasteiger partial charge >= 0.3 is 6.09 Å². The second kappa shape index (κ2) is 10.6. The van der Waals surface area contributed by atoms with Gasteiger partial charge in [-0.15, -0.1) is 5.10 Å². The average molecular weight is 555 g/mol. The summed E-state index contributed by atoms with van der Waals surface area (Å²) in [5.41, 5.74) is 2.73. The van der Waals surface area contributed by atoms with Crippen LogP contribution in [0.2, 0.25) is 0 Å². The summed E-state index contributed by atoms with van der Waals surface area (Å²) >= 11 is 0. The van der Waals surface area contributed by atoms with E-state index in [1.807, 2.05) is 42.6 Å². The van der Waals surface area contributed by atoms with E-state index in [9.17, 15) is 4.79 Å². The standard InChI is InChI=1S/C31H38N8O2/c1-20(2)6-7-21-8-9-25-26(14-21)39(36-29(25)35-27-17-32-12-13-33-27)22-10-11-34-28(16-22)37-18-24-15-23(37)19-38(24)30(40)41-31(3,4)5/h8-14,16-17,20,23-24H,6-7,15,18-19H2,1-5H3,(H,33,35,36)/t23-,24-/m0/s1. The second-order valence-corrected chi connectivity index (χ2v) is 12.5. The summed E-state index contributed by atoms with van der Waals surface area (Å²) in [6.45, 7) is 11.6. The minimum absolute atomic E-state index is 0.122. The van der Waals surface area contributed by atoms with Crippen LogP contribution in [0, 0.1) is 5.92 Å².